The third-order valence-electron chi connectivity index (χ3n) is 3.14. The third-order valence-corrected chi connectivity index (χ3v) is 4.42. The molecular weight excluding hydrogens is 208 g/mol. The molecule has 3 nitrogen and oxygen atoms in total. The Kier molecular flexibility index (Phi) is 5.44. The molecule has 0 radical (unpaired) electrons. The van der Waals surface area contributed by atoms with Gasteiger partial charge in [-0.15, -0.1) is 11.8 Å². The second kappa shape index (κ2) is 6.37. The number of unbranched alkanes of at least 4 members (excludes halogenated alkanes) is 1. The fourth-order valence-corrected chi connectivity index (χ4v) is 2.63. The minimum absolute atomic E-state index is 0.131. The van der Waals surface area contributed by atoms with Crippen LogP contribution in [0.15, 0.2) is 0 Å². The van der Waals surface area contributed by atoms with Crippen molar-refractivity contribution in [2.24, 2.45) is 0 Å². The number of hydrogen-bond donors (Lipinski definition) is 1. The molecule has 0 atom stereocenters. The van der Waals surface area contributed by atoms with Crippen molar-refractivity contribution < 1.29 is 5.11 Å². The van der Waals surface area contributed by atoms with Gasteiger partial charge in [0.05, 0.1) is 6.07 Å². The van der Waals surface area contributed by atoms with Gasteiger partial charge in [-0.1, -0.05) is 0 Å². The van der Waals surface area contributed by atoms with Gasteiger partial charge in [0.1, 0.15) is 4.75 Å². The van der Waals surface area contributed by atoms with Crippen LogP contribution in [0.3, 0.4) is 0 Å². The zero-order valence-corrected chi connectivity index (χ0v) is 10.2. The van der Waals surface area contributed by atoms with E-state index in [-0.39, 0.29) is 4.75 Å². The van der Waals surface area contributed by atoms with Gasteiger partial charge in [0.2, 0.25) is 0 Å². The fourth-order valence-electron chi connectivity index (χ4n) is 1.95. The summed E-state index contributed by atoms with van der Waals surface area (Å²) < 4.78 is -0.131. The number of nitrogens with zero attached hydrogens (tertiary/aromatic N) is 2. The van der Waals surface area contributed by atoms with Gasteiger partial charge in [0.15, 0.2) is 0 Å². The summed E-state index contributed by atoms with van der Waals surface area (Å²) in [4.78, 5) is 2.40. The monoisotopic (exact) mass is 228 g/mol. The van der Waals surface area contributed by atoms with Crippen molar-refractivity contribution in [2.45, 2.75) is 30.4 Å². The van der Waals surface area contributed by atoms with E-state index in [0.717, 1.165) is 45.3 Å². The van der Waals surface area contributed by atoms with Gasteiger partial charge in [-0.25, -0.2) is 0 Å². The molecule has 15 heavy (non-hydrogen) atoms. The minimum atomic E-state index is -0.131. The number of rotatable bonds is 5. The predicted octanol–water partition coefficient (Wildman–Crippen LogP) is 1.48. The highest BCUT2D eigenvalue weighted by Gasteiger charge is 2.33. The molecule has 1 aliphatic heterocycles. The standard InChI is InChI=1S/C11H20N2OS/c1-15-11(10-12)4-7-13(8-5-11)6-2-3-9-14/h14H,2-9H2,1H3. The lowest BCUT2D eigenvalue weighted by molar-refractivity contribution is 0.203. The van der Waals surface area contributed by atoms with Gasteiger partial charge < -0.3 is 10.0 Å². The molecule has 86 valence electrons. The average Bonchev–Trinajstić information content (AvgIpc) is 2.31. The van der Waals surface area contributed by atoms with Crippen molar-refractivity contribution in [2.75, 3.05) is 32.5 Å². The lowest BCUT2D eigenvalue weighted by Gasteiger charge is -2.36. The van der Waals surface area contributed by atoms with Crippen LogP contribution in [0.4, 0.5) is 0 Å². The Hall–Kier alpha value is -0.240. The van der Waals surface area contributed by atoms with E-state index < -0.39 is 0 Å². The first-order chi connectivity index (χ1) is 7.26. The molecule has 0 amide bonds. The Morgan fingerprint density at radius 3 is 2.53 bits per heavy atom. The molecule has 0 aliphatic carbocycles. The molecule has 1 heterocycles. The largest absolute Gasteiger partial charge is 0.396 e. The molecule has 1 fully saturated rings. The van der Waals surface area contributed by atoms with Crippen LogP contribution in [0.1, 0.15) is 25.7 Å². The third kappa shape index (κ3) is 3.67. The summed E-state index contributed by atoms with van der Waals surface area (Å²) in [5.74, 6) is 0. The van der Waals surface area contributed by atoms with Gasteiger partial charge >= 0.3 is 0 Å². The van der Waals surface area contributed by atoms with E-state index in [1.54, 1.807) is 11.8 Å². The van der Waals surface area contributed by atoms with Crippen molar-refractivity contribution in [1.82, 2.24) is 4.90 Å². The summed E-state index contributed by atoms with van der Waals surface area (Å²) in [5.41, 5.74) is 0. The molecule has 0 aromatic carbocycles. The first-order valence-electron chi connectivity index (χ1n) is 5.56. The van der Waals surface area contributed by atoms with E-state index >= 15 is 0 Å². The zero-order chi connectivity index (χ0) is 11.1. The Labute approximate surface area is 96.5 Å². The first kappa shape index (κ1) is 12.8. The molecular formula is C11H20N2OS. The van der Waals surface area contributed by atoms with Gasteiger partial charge in [0.25, 0.3) is 0 Å². The van der Waals surface area contributed by atoms with Crippen LogP contribution in [-0.2, 0) is 0 Å². The average molecular weight is 228 g/mol. The summed E-state index contributed by atoms with van der Waals surface area (Å²) >= 11 is 1.70. The number of thioether (sulfide) groups is 1. The summed E-state index contributed by atoms with van der Waals surface area (Å²) in [6, 6.07) is 2.45. The second-order valence-corrected chi connectivity index (χ2v) is 5.27. The maximum Gasteiger partial charge on any atom is 0.104 e. The van der Waals surface area contributed by atoms with Crippen LogP contribution >= 0.6 is 11.8 Å². The van der Waals surface area contributed by atoms with Crippen LogP contribution in [0, 0.1) is 11.3 Å². The van der Waals surface area contributed by atoms with Gasteiger partial charge in [-0.2, -0.15) is 5.26 Å². The molecule has 0 bridgehead atoms. The van der Waals surface area contributed by atoms with Crippen LogP contribution in [-0.4, -0.2) is 47.3 Å². The lowest BCUT2D eigenvalue weighted by Crippen LogP contribution is -2.41. The highest BCUT2D eigenvalue weighted by atomic mass is 32.2. The summed E-state index contributed by atoms with van der Waals surface area (Å²) in [5, 5.41) is 17.8. The summed E-state index contributed by atoms with van der Waals surface area (Å²) in [7, 11) is 0. The first-order valence-corrected chi connectivity index (χ1v) is 6.78. The van der Waals surface area contributed by atoms with Crippen molar-refractivity contribution >= 4 is 11.8 Å². The van der Waals surface area contributed by atoms with Gasteiger partial charge in [-0.05, 0) is 38.5 Å². The Morgan fingerprint density at radius 1 is 1.40 bits per heavy atom. The van der Waals surface area contributed by atoms with E-state index in [1.165, 1.54) is 0 Å². The normalized spacial score (nSPS) is 21.1. The number of likely N-dealkylation sites (tertiary alicyclic amines) is 1. The number of aliphatic hydroxyl groups excluding tert-OH is 1. The fraction of sp³-hybridized carbons (Fsp3) is 0.909. The zero-order valence-electron chi connectivity index (χ0n) is 9.41. The van der Waals surface area contributed by atoms with Crippen molar-refractivity contribution in [1.29, 1.82) is 5.26 Å². The predicted molar refractivity (Wildman–Crippen MR) is 63.9 cm³/mol. The SMILES string of the molecule is CSC1(C#N)CCN(CCCCO)CC1. The minimum Gasteiger partial charge on any atom is -0.396 e. The maximum absolute atomic E-state index is 9.12. The van der Waals surface area contributed by atoms with E-state index in [9.17, 15) is 0 Å². The van der Waals surface area contributed by atoms with E-state index in [4.69, 9.17) is 10.4 Å². The van der Waals surface area contributed by atoms with Crippen LogP contribution in [0.2, 0.25) is 0 Å². The molecule has 1 rings (SSSR count). The number of piperidine rings is 1. The molecule has 0 saturated carbocycles. The highest BCUT2D eigenvalue weighted by molar-refractivity contribution is 8.00. The van der Waals surface area contributed by atoms with E-state index in [0.29, 0.717) is 6.61 Å². The van der Waals surface area contributed by atoms with Crippen molar-refractivity contribution in [3.8, 4) is 6.07 Å². The second-order valence-electron chi connectivity index (χ2n) is 4.08. The van der Waals surface area contributed by atoms with Gasteiger partial charge in [-0.3, -0.25) is 0 Å². The molecule has 1 N–H and O–H groups in total. The smallest absolute Gasteiger partial charge is 0.104 e. The molecule has 0 aromatic heterocycles. The summed E-state index contributed by atoms with van der Waals surface area (Å²) in [6.07, 6.45) is 5.94. The molecule has 0 aromatic rings. The Morgan fingerprint density at radius 2 is 2.07 bits per heavy atom. The highest BCUT2D eigenvalue weighted by Crippen LogP contribution is 2.33. The topological polar surface area (TPSA) is 47.3 Å². The molecule has 1 saturated heterocycles. The summed E-state index contributed by atoms with van der Waals surface area (Å²) in [6.45, 7) is 3.41. The van der Waals surface area contributed by atoms with Crippen LogP contribution in [0.25, 0.3) is 0 Å². The van der Waals surface area contributed by atoms with E-state index in [2.05, 4.69) is 11.0 Å². The number of nitriles is 1. The van der Waals surface area contributed by atoms with Crippen molar-refractivity contribution in [3.63, 3.8) is 0 Å². The molecule has 0 unspecified atom stereocenters. The van der Waals surface area contributed by atoms with Gasteiger partial charge in [0, 0.05) is 19.7 Å². The Bertz CT molecular complexity index is 219. The Balaban J connectivity index is 2.26. The maximum atomic E-state index is 9.12. The van der Waals surface area contributed by atoms with Crippen molar-refractivity contribution in [3.05, 3.63) is 0 Å². The van der Waals surface area contributed by atoms with Crippen LogP contribution in [0.5, 0.6) is 0 Å². The molecule has 1 aliphatic rings. The molecule has 4 heteroatoms. The lowest BCUT2D eigenvalue weighted by atomic mass is 9.97. The van der Waals surface area contributed by atoms with Crippen LogP contribution < -0.4 is 0 Å². The number of hydrogen-bond acceptors (Lipinski definition) is 4. The van der Waals surface area contributed by atoms with E-state index in [1.807, 2.05) is 6.26 Å². The number of aliphatic hydroxyl groups is 1. The molecule has 0 spiro atoms. The quantitative estimate of drug-likeness (QED) is 0.724.